The number of hydrogen-bond donors (Lipinski definition) is 1. The van der Waals surface area contributed by atoms with Crippen molar-refractivity contribution in [3.8, 4) is 6.07 Å². The second kappa shape index (κ2) is 8.64. The molecule has 0 fully saturated rings. The number of fused-ring (bicyclic) bond motifs is 1. The predicted octanol–water partition coefficient (Wildman–Crippen LogP) is 2.59. The Bertz CT molecular complexity index is 1040. The molecule has 0 saturated heterocycles. The van der Waals surface area contributed by atoms with E-state index in [9.17, 15) is 13.2 Å². The van der Waals surface area contributed by atoms with Gasteiger partial charge in [0.05, 0.1) is 23.1 Å². The summed E-state index contributed by atoms with van der Waals surface area (Å²) in [6.07, 6.45) is 0.696. The lowest BCUT2D eigenvalue weighted by atomic mass is 10.2. The number of carbonyl (C=O) groups is 1. The van der Waals surface area contributed by atoms with Crippen molar-refractivity contribution in [3.05, 3.63) is 53.6 Å². The normalized spacial score (nSPS) is 13.2. The van der Waals surface area contributed by atoms with E-state index in [1.807, 2.05) is 24.8 Å². The van der Waals surface area contributed by atoms with Crippen molar-refractivity contribution in [3.63, 3.8) is 0 Å². The highest BCUT2D eigenvalue weighted by atomic mass is 32.2. The summed E-state index contributed by atoms with van der Waals surface area (Å²) in [7, 11) is -3.50. The average molecular weight is 413 g/mol. The van der Waals surface area contributed by atoms with Crippen LogP contribution in [0.5, 0.6) is 0 Å². The van der Waals surface area contributed by atoms with Crippen LogP contribution < -0.4 is 10.2 Å². The monoisotopic (exact) mass is 412 g/mol. The van der Waals surface area contributed by atoms with Gasteiger partial charge in [-0.15, -0.1) is 0 Å². The maximum absolute atomic E-state index is 12.7. The molecule has 1 aliphatic rings. The Morgan fingerprint density at radius 1 is 1.17 bits per heavy atom. The first kappa shape index (κ1) is 20.8. The van der Waals surface area contributed by atoms with E-state index in [1.54, 1.807) is 42.5 Å². The number of benzene rings is 2. The van der Waals surface area contributed by atoms with E-state index in [2.05, 4.69) is 5.32 Å². The number of carbonyl (C=O) groups excluding carboxylic acids is 1. The van der Waals surface area contributed by atoms with E-state index < -0.39 is 10.0 Å². The Labute approximate surface area is 171 Å². The molecule has 8 heteroatoms. The Morgan fingerprint density at radius 2 is 1.86 bits per heavy atom. The summed E-state index contributed by atoms with van der Waals surface area (Å²) in [5.41, 5.74) is 2.99. The minimum Gasteiger partial charge on any atom is -0.362 e. The first-order valence-electron chi connectivity index (χ1n) is 9.57. The third-order valence-electron chi connectivity index (χ3n) is 5.02. The van der Waals surface area contributed by atoms with Crippen LogP contribution in [-0.4, -0.2) is 44.8 Å². The van der Waals surface area contributed by atoms with Crippen LogP contribution in [0.3, 0.4) is 0 Å². The molecular formula is C21H24N4O3S. The van der Waals surface area contributed by atoms with Gasteiger partial charge < -0.3 is 10.2 Å². The summed E-state index contributed by atoms with van der Waals surface area (Å²) in [5, 5.41) is 11.7. The van der Waals surface area contributed by atoms with Gasteiger partial charge in [-0.25, -0.2) is 8.42 Å². The molecule has 29 heavy (non-hydrogen) atoms. The smallest absolute Gasteiger partial charge is 0.243 e. The first-order valence-corrected chi connectivity index (χ1v) is 11.0. The number of rotatable bonds is 7. The summed E-state index contributed by atoms with van der Waals surface area (Å²) in [6.45, 7) is 5.33. The molecule has 0 atom stereocenters. The zero-order valence-corrected chi connectivity index (χ0v) is 17.4. The summed E-state index contributed by atoms with van der Waals surface area (Å²) >= 11 is 0. The second-order valence-corrected chi connectivity index (χ2v) is 8.73. The highest BCUT2D eigenvalue weighted by molar-refractivity contribution is 7.89. The number of nitrogens with one attached hydrogen (secondary N) is 1. The zero-order chi connectivity index (χ0) is 21.0. The Balaban J connectivity index is 1.71. The molecule has 2 aromatic rings. The minimum absolute atomic E-state index is 0.164. The van der Waals surface area contributed by atoms with Crippen molar-refractivity contribution in [2.75, 3.05) is 36.4 Å². The average Bonchev–Trinajstić information content (AvgIpc) is 3.11. The zero-order valence-electron chi connectivity index (χ0n) is 16.6. The minimum atomic E-state index is -3.50. The molecule has 3 rings (SSSR count). The Kier molecular flexibility index (Phi) is 6.20. The molecule has 0 unspecified atom stereocenters. The second-order valence-electron chi connectivity index (χ2n) is 6.79. The highest BCUT2D eigenvalue weighted by Crippen LogP contribution is 2.31. The van der Waals surface area contributed by atoms with E-state index in [0.29, 0.717) is 42.2 Å². The molecular weight excluding hydrogens is 388 g/mol. The maximum atomic E-state index is 12.7. The Morgan fingerprint density at radius 3 is 2.48 bits per heavy atom. The van der Waals surface area contributed by atoms with Crippen molar-refractivity contribution in [1.82, 2.24) is 4.31 Å². The largest absolute Gasteiger partial charge is 0.362 e. The van der Waals surface area contributed by atoms with Gasteiger partial charge in [0.1, 0.15) is 0 Å². The van der Waals surface area contributed by atoms with E-state index in [4.69, 9.17) is 5.26 Å². The van der Waals surface area contributed by atoms with Crippen LogP contribution in [0.15, 0.2) is 47.4 Å². The van der Waals surface area contributed by atoms with E-state index >= 15 is 0 Å². The quantitative estimate of drug-likeness (QED) is 0.754. The van der Waals surface area contributed by atoms with Crippen molar-refractivity contribution in [2.24, 2.45) is 0 Å². The van der Waals surface area contributed by atoms with Crippen LogP contribution >= 0.6 is 0 Å². The van der Waals surface area contributed by atoms with Gasteiger partial charge in [-0.05, 0) is 54.4 Å². The third kappa shape index (κ3) is 4.42. The molecule has 0 aliphatic carbocycles. The van der Waals surface area contributed by atoms with Crippen LogP contribution in [-0.2, 0) is 21.2 Å². The number of nitriles is 1. The lowest BCUT2D eigenvalue weighted by Crippen LogP contribution is -2.32. The van der Waals surface area contributed by atoms with Crippen molar-refractivity contribution in [2.45, 2.75) is 25.2 Å². The fraction of sp³-hybridized carbons (Fsp3) is 0.333. The standard InChI is InChI=1S/C21H24N4O3S/c1-3-25(4-2)29(27,28)19-9-10-20-17(13-19)11-12-24(20)15-21(26)23-18-7-5-16(14-22)6-8-18/h5-10,13H,3-4,11-12,15H2,1-2H3,(H,23,26). The first-order chi connectivity index (χ1) is 13.9. The SMILES string of the molecule is CCN(CC)S(=O)(=O)c1ccc2c(c1)CCN2CC(=O)Nc1ccc(C#N)cc1. The van der Waals surface area contributed by atoms with E-state index in [-0.39, 0.29) is 12.5 Å². The molecule has 152 valence electrons. The summed E-state index contributed by atoms with van der Waals surface area (Å²) < 4.78 is 26.9. The van der Waals surface area contributed by atoms with Gasteiger partial charge in [-0.3, -0.25) is 4.79 Å². The molecule has 1 amide bonds. The number of anilines is 2. The molecule has 1 heterocycles. The van der Waals surface area contributed by atoms with Crippen LogP contribution in [0.25, 0.3) is 0 Å². The van der Waals surface area contributed by atoms with E-state index in [1.165, 1.54) is 4.31 Å². The summed E-state index contributed by atoms with van der Waals surface area (Å²) in [5.74, 6) is -0.164. The fourth-order valence-corrected chi connectivity index (χ4v) is 4.99. The van der Waals surface area contributed by atoms with Gasteiger partial charge in [0.15, 0.2) is 0 Å². The van der Waals surface area contributed by atoms with Crippen molar-refractivity contribution in [1.29, 1.82) is 5.26 Å². The lowest BCUT2D eigenvalue weighted by Gasteiger charge is -2.21. The van der Waals surface area contributed by atoms with E-state index in [0.717, 1.165) is 11.3 Å². The van der Waals surface area contributed by atoms with Crippen LogP contribution in [0, 0.1) is 11.3 Å². The van der Waals surface area contributed by atoms with Crippen LogP contribution in [0.2, 0.25) is 0 Å². The van der Waals surface area contributed by atoms with Crippen molar-refractivity contribution < 1.29 is 13.2 Å². The molecule has 0 bridgehead atoms. The number of nitrogens with zero attached hydrogens (tertiary/aromatic N) is 3. The molecule has 0 radical (unpaired) electrons. The van der Waals surface area contributed by atoms with Gasteiger partial charge in [-0.1, -0.05) is 13.8 Å². The maximum Gasteiger partial charge on any atom is 0.243 e. The van der Waals surface area contributed by atoms with Gasteiger partial charge >= 0.3 is 0 Å². The third-order valence-corrected chi connectivity index (χ3v) is 7.06. The summed E-state index contributed by atoms with van der Waals surface area (Å²) in [4.78, 5) is 14.6. The molecule has 0 saturated carbocycles. The predicted molar refractivity (Wildman–Crippen MR) is 112 cm³/mol. The Hall–Kier alpha value is -2.89. The molecule has 0 aromatic heterocycles. The van der Waals surface area contributed by atoms with Gasteiger partial charge in [0, 0.05) is 31.0 Å². The van der Waals surface area contributed by atoms with Crippen LogP contribution in [0.4, 0.5) is 11.4 Å². The molecule has 1 aliphatic heterocycles. The molecule has 2 aromatic carbocycles. The number of sulfonamides is 1. The van der Waals surface area contributed by atoms with Gasteiger partial charge in [0.2, 0.25) is 15.9 Å². The van der Waals surface area contributed by atoms with Crippen molar-refractivity contribution >= 4 is 27.3 Å². The van der Waals surface area contributed by atoms with Gasteiger partial charge in [0.25, 0.3) is 0 Å². The molecule has 0 spiro atoms. The fourth-order valence-electron chi connectivity index (χ4n) is 3.49. The number of hydrogen-bond acceptors (Lipinski definition) is 5. The summed E-state index contributed by atoms with van der Waals surface area (Å²) in [6, 6.07) is 13.9. The number of amides is 1. The lowest BCUT2D eigenvalue weighted by molar-refractivity contribution is -0.115. The topological polar surface area (TPSA) is 93.5 Å². The molecule has 1 N–H and O–H groups in total. The highest BCUT2D eigenvalue weighted by Gasteiger charge is 2.26. The molecule has 7 nitrogen and oxygen atoms in total. The van der Waals surface area contributed by atoms with Gasteiger partial charge in [-0.2, -0.15) is 9.57 Å². The van der Waals surface area contributed by atoms with Crippen LogP contribution in [0.1, 0.15) is 25.0 Å².